The molecule has 6 heteroatoms. The number of hydrogen-bond acceptors (Lipinski definition) is 3. The van der Waals surface area contributed by atoms with Crippen LogP contribution in [0.2, 0.25) is 0 Å². The van der Waals surface area contributed by atoms with Crippen molar-refractivity contribution in [3.05, 3.63) is 29.8 Å². The van der Waals surface area contributed by atoms with Crippen molar-refractivity contribution < 1.29 is 27.4 Å². The molecule has 0 aliphatic carbocycles. The lowest BCUT2D eigenvalue weighted by molar-refractivity contribution is -0.139. The Bertz CT molecular complexity index is 388. The first-order chi connectivity index (χ1) is 7.95. The van der Waals surface area contributed by atoms with Gasteiger partial charge in [-0.2, -0.15) is 13.2 Å². The lowest BCUT2D eigenvalue weighted by Crippen LogP contribution is -2.18. The Hall–Kier alpha value is -1.56. The van der Waals surface area contributed by atoms with Gasteiger partial charge in [0, 0.05) is 7.11 Å². The van der Waals surface area contributed by atoms with Crippen molar-refractivity contribution >= 4 is 5.78 Å². The van der Waals surface area contributed by atoms with Crippen LogP contribution in [0.15, 0.2) is 24.3 Å². The van der Waals surface area contributed by atoms with Gasteiger partial charge in [0.2, 0.25) is 0 Å². The van der Waals surface area contributed by atoms with Gasteiger partial charge in [-0.3, -0.25) is 4.79 Å². The summed E-state index contributed by atoms with van der Waals surface area (Å²) in [5.74, 6) is -0.783. The Labute approximate surface area is 96.1 Å². The van der Waals surface area contributed by atoms with E-state index in [1.165, 1.54) is 25.3 Å². The first-order valence-electron chi connectivity index (χ1n) is 4.75. The number of alkyl halides is 3. The van der Waals surface area contributed by atoms with Crippen LogP contribution in [0.25, 0.3) is 0 Å². The van der Waals surface area contributed by atoms with Crippen LogP contribution in [-0.2, 0) is 15.7 Å². The molecule has 1 aromatic carbocycles. The molecule has 0 radical (unpaired) electrons. The Morgan fingerprint density at radius 1 is 1.24 bits per heavy atom. The normalized spacial score (nSPS) is 11.3. The first-order valence-corrected chi connectivity index (χ1v) is 4.75. The number of carbonyl (C=O) groups excluding carboxylic acids is 1. The van der Waals surface area contributed by atoms with E-state index in [1.54, 1.807) is 0 Å². The average Bonchev–Trinajstić information content (AvgIpc) is 2.26. The molecule has 1 rings (SSSR count). The third-order valence-corrected chi connectivity index (χ3v) is 1.89. The Morgan fingerprint density at radius 2 is 1.88 bits per heavy atom. The molecule has 0 unspecified atom stereocenters. The van der Waals surface area contributed by atoms with Crippen LogP contribution in [0.1, 0.15) is 5.56 Å². The van der Waals surface area contributed by atoms with Crippen molar-refractivity contribution in [3.8, 4) is 5.75 Å². The minimum atomic E-state index is -4.50. The van der Waals surface area contributed by atoms with E-state index in [9.17, 15) is 18.0 Å². The van der Waals surface area contributed by atoms with Crippen LogP contribution in [0, 0.1) is 0 Å². The minimum absolute atomic E-state index is 0.186. The maximum absolute atomic E-state index is 12.5. The van der Waals surface area contributed by atoms with Crippen molar-refractivity contribution in [2.24, 2.45) is 0 Å². The summed E-state index contributed by atoms with van der Waals surface area (Å²) in [6.45, 7) is -0.630. The van der Waals surface area contributed by atoms with Crippen molar-refractivity contribution in [2.75, 3.05) is 20.3 Å². The predicted molar refractivity (Wildman–Crippen MR) is 53.8 cm³/mol. The van der Waals surface area contributed by atoms with Crippen LogP contribution < -0.4 is 4.74 Å². The second-order valence-electron chi connectivity index (χ2n) is 3.25. The van der Waals surface area contributed by atoms with Crippen molar-refractivity contribution in [1.29, 1.82) is 0 Å². The Balaban J connectivity index is 2.74. The van der Waals surface area contributed by atoms with Crippen molar-refractivity contribution in [2.45, 2.75) is 6.18 Å². The van der Waals surface area contributed by atoms with Gasteiger partial charge in [0.25, 0.3) is 0 Å². The number of Topliss-reactive ketones (excluding diaryl/α,β-unsaturated/α-hetero) is 1. The SMILES string of the molecule is COCC(=O)COc1ccccc1C(F)(F)F. The molecular formula is C11H11F3O3. The lowest BCUT2D eigenvalue weighted by atomic mass is 10.2. The van der Waals surface area contributed by atoms with Crippen LogP contribution in [-0.4, -0.2) is 26.1 Å². The molecular weight excluding hydrogens is 237 g/mol. The fourth-order valence-electron chi connectivity index (χ4n) is 1.19. The number of carbonyl (C=O) groups is 1. The van der Waals surface area contributed by atoms with Crippen molar-refractivity contribution in [3.63, 3.8) is 0 Å². The molecule has 17 heavy (non-hydrogen) atoms. The summed E-state index contributed by atoms with van der Waals surface area (Å²) in [7, 11) is 1.32. The zero-order chi connectivity index (χ0) is 12.9. The molecule has 0 amide bonds. The summed E-state index contributed by atoms with van der Waals surface area (Å²) in [5, 5.41) is 0. The molecule has 0 saturated heterocycles. The monoisotopic (exact) mass is 248 g/mol. The predicted octanol–water partition coefficient (Wildman–Crippen LogP) is 2.30. The Morgan fingerprint density at radius 3 is 2.47 bits per heavy atom. The van der Waals surface area contributed by atoms with E-state index in [1.807, 2.05) is 0 Å². The number of ketones is 1. The van der Waals surface area contributed by atoms with E-state index in [0.717, 1.165) is 6.07 Å². The van der Waals surface area contributed by atoms with E-state index < -0.39 is 24.1 Å². The topological polar surface area (TPSA) is 35.5 Å². The van der Waals surface area contributed by atoms with Crippen LogP contribution in [0.4, 0.5) is 13.2 Å². The fourth-order valence-corrected chi connectivity index (χ4v) is 1.19. The second-order valence-corrected chi connectivity index (χ2v) is 3.25. The summed E-state index contributed by atoms with van der Waals surface area (Å²) >= 11 is 0. The molecule has 0 N–H and O–H groups in total. The molecule has 0 aromatic heterocycles. The van der Waals surface area contributed by atoms with Gasteiger partial charge in [-0.1, -0.05) is 12.1 Å². The number of benzene rings is 1. The summed E-state index contributed by atoms with van der Waals surface area (Å²) in [6.07, 6.45) is -4.50. The summed E-state index contributed by atoms with van der Waals surface area (Å²) in [6, 6.07) is 4.73. The average molecular weight is 248 g/mol. The molecule has 0 heterocycles. The molecule has 0 atom stereocenters. The number of hydrogen-bond donors (Lipinski definition) is 0. The van der Waals surface area contributed by atoms with E-state index >= 15 is 0 Å². The minimum Gasteiger partial charge on any atom is -0.485 e. The van der Waals surface area contributed by atoms with Crippen LogP contribution in [0.5, 0.6) is 5.75 Å². The van der Waals surface area contributed by atoms with Crippen LogP contribution >= 0.6 is 0 Å². The maximum atomic E-state index is 12.5. The zero-order valence-electron chi connectivity index (χ0n) is 9.08. The number of halogens is 3. The fraction of sp³-hybridized carbons (Fsp3) is 0.364. The maximum Gasteiger partial charge on any atom is 0.419 e. The highest BCUT2D eigenvalue weighted by molar-refractivity contribution is 5.81. The van der Waals surface area contributed by atoms with Crippen LogP contribution in [0.3, 0.4) is 0 Å². The highest BCUT2D eigenvalue weighted by Crippen LogP contribution is 2.35. The summed E-state index contributed by atoms with van der Waals surface area (Å²) < 4.78 is 47.0. The third-order valence-electron chi connectivity index (χ3n) is 1.89. The number of rotatable bonds is 5. The van der Waals surface area contributed by atoms with Gasteiger partial charge in [-0.15, -0.1) is 0 Å². The van der Waals surface area contributed by atoms with Crippen molar-refractivity contribution in [1.82, 2.24) is 0 Å². The first kappa shape index (κ1) is 13.5. The molecule has 0 aliphatic heterocycles. The molecule has 0 aliphatic rings. The van der Waals surface area contributed by atoms with Gasteiger partial charge >= 0.3 is 6.18 Å². The molecule has 3 nitrogen and oxygen atoms in total. The highest BCUT2D eigenvalue weighted by atomic mass is 19.4. The molecule has 0 bridgehead atoms. The summed E-state index contributed by atoms with van der Waals surface area (Å²) in [4.78, 5) is 11.0. The molecule has 0 fully saturated rings. The smallest absolute Gasteiger partial charge is 0.419 e. The standard InChI is InChI=1S/C11H11F3O3/c1-16-6-8(15)7-17-10-5-3-2-4-9(10)11(12,13)14/h2-5H,6-7H2,1H3. The van der Waals surface area contributed by atoms with Gasteiger partial charge in [-0.25, -0.2) is 0 Å². The van der Waals surface area contributed by atoms with Gasteiger partial charge in [0.1, 0.15) is 19.0 Å². The van der Waals surface area contributed by atoms with Gasteiger partial charge < -0.3 is 9.47 Å². The largest absolute Gasteiger partial charge is 0.485 e. The highest BCUT2D eigenvalue weighted by Gasteiger charge is 2.34. The Kier molecular flexibility index (Phi) is 4.51. The second kappa shape index (κ2) is 5.67. The lowest BCUT2D eigenvalue weighted by Gasteiger charge is -2.12. The number of methoxy groups -OCH3 is 1. The quantitative estimate of drug-likeness (QED) is 0.802. The molecule has 1 aromatic rings. The zero-order valence-corrected chi connectivity index (χ0v) is 9.08. The molecule has 0 spiro atoms. The van der Waals surface area contributed by atoms with Gasteiger partial charge in [0.05, 0.1) is 5.56 Å². The van der Waals surface area contributed by atoms with Gasteiger partial charge in [-0.05, 0) is 12.1 Å². The third kappa shape index (κ3) is 4.07. The van der Waals surface area contributed by atoms with Gasteiger partial charge in [0.15, 0.2) is 5.78 Å². The van der Waals surface area contributed by atoms with E-state index in [-0.39, 0.29) is 12.4 Å². The van der Waals surface area contributed by atoms with E-state index in [0.29, 0.717) is 0 Å². The molecule has 94 valence electrons. The van der Waals surface area contributed by atoms with E-state index in [4.69, 9.17) is 4.74 Å². The summed E-state index contributed by atoms with van der Waals surface area (Å²) in [5.41, 5.74) is -0.898. The number of para-hydroxylation sites is 1. The van der Waals surface area contributed by atoms with E-state index in [2.05, 4.69) is 4.74 Å². The number of ether oxygens (including phenoxy) is 2. The molecule has 0 saturated carbocycles.